The number of likely N-dealkylation sites (N-methyl/N-ethyl adjacent to an activating group) is 1. The lowest BCUT2D eigenvalue weighted by Gasteiger charge is -2.24. The number of benzene rings is 2. The third-order valence-electron chi connectivity index (χ3n) is 4.74. The van der Waals surface area contributed by atoms with Gasteiger partial charge in [0.15, 0.2) is 5.78 Å². The SMILES string of the molecule is CCN(CC)CCNc1ccc(C)c2c1C(=O)c1ccccc1S2=O. The van der Waals surface area contributed by atoms with E-state index in [-0.39, 0.29) is 5.78 Å². The Bertz CT molecular complexity index is 828. The molecule has 0 saturated heterocycles. The number of fused-ring (bicyclic) bond motifs is 2. The number of ketones is 1. The summed E-state index contributed by atoms with van der Waals surface area (Å²) in [7, 11) is -1.32. The van der Waals surface area contributed by atoms with Crippen LogP contribution in [0.3, 0.4) is 0 Å². The zero-order chi connectivity index (χ0) is 18.0. The number of rotatable bonds is 6. The summed E-state index contributed by atoms with van der Waals surface area (Å²) in [4.78, 5) is 16.6. The lowest BCUT2D eigenvalue weighted by atomic mass is 9.98. The van der Waals surface area contributed by atoms with Crippen LogP contribution in [0.15, 0.2) is 46.2 Å². The van der Waals surface area contributed by atoms with E-state index < -0.39 is 10.8 Å². The molecular formula is C20H24N2O2S. The van der Waals surface area contributed by atoms with Crippen LogP contribution in [0, 0.1) is 6.92 Å². The second-order valence-electron chi connectivity index (χ2n) is 6.18. The highest BCUT2D eigenvalue weighted by Gasteiger charge is 2.32. The van der Waals surface area contributed by atoms with Gasteiger partial charge in [-0.05, 0) is 43.8 Å². The lowest BCUT2D eigenvalue weighted by molar-refractivity contribution is 0.103. The topological polar surface area (TPSA) is 49.4 Å². The molecule has 1 aliphatic rings. The van der Waals surface area contributed by atoms with Gasteiger partial charge in [-0.25, -0.2) is 4.21 Å². The fourth-order valence-electron chi connectivity index (χ4n) is 3.25. The number of aryl methyl sites for hydroxylation is 1. The number of hydrogen-bond acceptors (Lipinski definition) is 4. The van der Waals surface area contributed by atoms with Crippen molar-refractivity contribution >= 4 is 22.3 Å². The summed E-state index contributed by atoms with van der Waals surface area (Å²) < 4.78 is 13.0. The van der Waals surface area contributed by atoms with Gasteiger partial charge in [-0.1, -0.05) is 32.0 Å². The zero-order valence-electron chi connectivity index (χ0n) is 15.0. The number of nitrogens with zero attached hydrogens (tertiary/aromatic N) is 1. The van der Waals surface area contributed by atoms with E-state index in [4.69, 9.17) is 0 Å². The normalized spacial score (nSPS) is 15.8. The molecule has 0 bridgehead atoms. The second-order valence-corrected chi connectivity index (χ2v) is 7.57. The Morgan fingerprint density at radius 3 is 2.52 bits per heavy atom. The van der Waals surface area contributed by atoms with Crippen molar-refractivity contribution in [3.05, 3.63) is 53.1 Å². The Balaban J connectivity index is 1.96. The van der Waals surface area contributed by atoms with E-state index in [2.05, 4.69) is 24.1 Å². The highest BCUT2D eigenvalue weighted by atomic mass is 32.2. The molecule has 3 rings (SSSR count). The van der Waals surface area contributed by atoms with Gasteiger partial charge in [-0.3, -0.25) is 4.79 Å². The number of carbonyl (C=O) groups excluding carboxylic acids is 1. The molecule has 0 aliphatic carbocycles. The number of carbonyl (C=O) groups is 1. The second kappa shape index (κ2) is 7.50. The molecule has 0 fully saturated rings. The molecule has 1 unspecified atom stereocenters. The van der Waals surface area contributed by atoms with Crippen LogP contribution in [0.2, 0.25) is 0 Å². The van der Waals surface area contributed by atoms with Crippen molar-refractivity contribution in [2.75, 3.05) is 31.5 Å². The van der Waals surface area contributed by atoms with Crippen LogP contribution in [-0.2, 0) is 10.8 Å². The maximum absolute atomic E-state index is 13.1. The average Bonchev–Trinajstić information content (AvgIpc) is 2.64. The van der Waals surface area contributed by atoms with Gasteiger partial charge in [0, 0.05) is 24.3 Å². The molecule has 1 aliphatic heterocycles. The van der Waals surface area contributed by atoms with Crippen LogP contribution in [0.5, 0.6) is 0 Å². The standard InChI is InChI=1S/C20H24N2O2S/c1-4-22(5-2)13-12-21-16-11-10-14(3)20-18(16)19(23)15-8-6-7-9-17(15)25(20)24/h6-11,21H,4-5,12-13H2,1-3H3. The van der Waals surface area contributed by atoms with Crippen molar-refractivity contribution in [3.63, 3.8) is 0 Å². The summed E-state index contributed by atoms with van der Waals surface area (Å²) in [6, 6.07) is 11.1. The predicted molar refractivity (Wildman–Crippen MR) is 102 cm³/mol. The first kappa shape index (κ1) is 17.8. The molecule has 0 spiro atoms. The average molecular weight is 356 g/mol. The molecule has 2 aromatic carbocycles. The number of hydrogen-bond donors (Lipinski definition) is 1. The van der Waals surface area contributed by atoms with E-state index in [0.29, 0.717) is 20.9 Å². The Kier molecular flexibility index (Phi) is 5.35. The van der Waals surface area contributed by atoms with E-state index in [1.54, 1.807) is 12.1 Å². The predicted octanol–water partition coefficient (Wildman–Crippen LogP) is 3.46. The highest BCUT2D eigenvalue weighted by Crippen LogP contribution is 2.37. The lowest BCUT2D eigenvalue weighted by Crippen LogP contribution is -2.29. The smallest absolute Gasteiger partial charge is 0.197 e. The molecule has 1 heterocycles. The van der Waals surface area contributed by atoms with Gasteiger partial charge in [-0.2, -0.15) is 0 Å². The van der Waals surface area contributed by atoms with Gasteiger partial charge >= 0.3 is 0 Å². The van der Waals surface area contributed by atoms with E-state index in [1.165, 1.54) is 0 Å². The van der Waals surface area contributed by atoms with Crippen LogP contribution >= 0.6 is 0 Å². The van der Waals surface area contributed by atoms with Gasteiger partial charge in [0.2, 0.25) is 0 Å². The molecular weight excluding hydrogens is 332 g/mol. The number of anilines is 1. The Morgan fingerprint density at radius 1 is 1.08 bits per heavy atom. The summed E-state index contributed by atoms with van der Waals surface area (Å²) in [5, 5.41) is 3.38. The molecule has 0 amide bonds. The summed E-state index contributed by atoms with van der Waals surface area (Å²) in [6.07, 6.45) is 0. The minimum Gasteiger partial charge on any atom is -0.383 e. The van der Waals surface area contributed by atoms with Gasteiger partial charge in [0.25, 0.3) is 0 Å². The Morgan fingerprint density at radius 2 is 1.80 bits per heavy atom. The van der Waals surface area contributed by atoms with Crippen molar-refractivity contribution in [2.45, 2.75) is 30.6 Å². The van der Waals surface area contributed by atoms with E-state index in [0.717, 1.165) is 37.4 Å². The van der Waals surface area contributed by atoms with Gasteiger partial charge in [0.1, 0.15) is 0 Å². The molecule has 0 saturated carbocycles. The van der Waals surface area contributed by atoms with Gasteiger partial charge < -0.3 is 10.2 Å². The van der Waals surface area contributed by atoms with Crippen LogP contribution in [-0.4, -0.2) is 41.1 Å². The van der Waals surface area contributed by atoms with Crippen LogP contribution in [0.1, 0.15) is 35.3 Å². The molecule has 4 nitrogen and oxygen atoms in total. The first-order chi connectivity index (χ1) is 12.1. The first-order valence-corrected chi connectivity index (χ1v) is 9.88. The van der Waals surface area contributed by atoms with Crippen LogP contribution in [0.25, 0.3) is 0 Å². The summed E-state index contributed by atoms with van der Waals surface area (Å²) in [5.74, 6) is -0.0424. The zero-order valence-corrected chi connectivity index (χ0v) is 15.8. The molecule has 0 radical (unpaired) electrons. The quantitative estimate of drug-likeness (QED) is 0.735. The van der Waals surface area contributed by atoms with Crippen molar-refractivity contribution in [1.82, 2.24) is 4.90 Å². The maximum atomic E-state index is 13.1. The minimum atomic E-state index is -1.32. The third-order valence-corrected chi connectivity index (χ3v) is 6.39. The molecule has 0 aromatic heterocycles. The summed E-state index contributed by atoms with van der Waals surface area (Å²) >= 11 is 0. The van der Waals surface area contributed by atoms with Crippen molar-refractivity contribution in [3.8, 4) is 0 Å². The molecule has 1 N–H and O–H groups in total. The largest absolute Gasteiger partial charge is 0.383 e. The van der Waals surface area contributed by atoms with E-state index in [9.17, 15) is 9.00 Å². The first-order valence-electron chi connectivity index (χ1n) is 8.73. The Labute approximate surface area is 151 Å². The van der Waals surface area contributed by atoms with Crippen LogP contribution < -0.4 is 5.32 Å². The maximum Gasteiger partial charge on any atom is 0.197 e. The molecule has 1 atom stereocenters. The fraction of sp³-hybridized carbons (Fsp3) is 0.350. The number of nitrogens with one attached hydrogen (secondary N) is 1. The summed E-state index contributed by atoms with van der Waals surface area (Å²) in [5.41, 5.74) is 2.79. The molecule has 5 heteroatoms. The van der Waals surface area contributed by atoms with E-state index in [1.807, 2.05) is 31.2 Å². The molecule has 2 aromatic rings. The minimum absolute atomic E-state index is 0.0424. The molecule has 132 valence electrons. The van der Waals surface area contributed by atoms with Gasteiger partial charge in [-0.15, -0.1) is 0 Å². The van der Waals surface area contributed by atoms with Crippen molar-refractivity contribution in [1.29, 1.82) is 0 Å². The highest BCUT2D eigenvalue weighted by molar-refractivity contribution is 7.85. The fourth-order valence-corrected chi connectivity index (χ4v) is 4.78. The van der Waals surface area contributed by atoms with Crippen molar-refractivity contribution in [2.24, 2.45) is 0 Å². The van der Waals surface area contributed by atoms with Crippen LogP contribution in [0.4, 0.5) is 5.69 Å². The summed E-state index contributed by atoms with van der Waals surface area (Å²) in [6.45, 7) is 9.85. The Hall–Kier alpha value is -1.98. The third kappa shape index (κ3) is 3.26. The molecule has 25 heavy (non-hydrogen) atoms. The van der Waals surface area contributed by atoms with Gasteiger partial charge in [0.05, 0.1) is 26.2 Å². The monoisotopic (exact) mass is 356 g/mol. The van der Waals surface area contributed by atoms with E-state index >= 15 is 0 Å². The van der Waals surface area contributed by atoms with Crippen molar-refractivity contribution < 1.29 is 9.00 Å².